The van der Waals surface area contributed by atoms with E-state index in [2.05, 4.69) is 9.98 Å². The summed E-state index contributed by atoms with van der Waals surface area (Å²) in [6, 6.07) is 11.1. The Labute approximate surface area is 158 Å². The van der Waals surface area contributed by atoms with Crippen LogP contribution in [0.4, 0.5) is 0 Å². The van der Waals surface area contributed by atoms with E-state index in [0.29, 0.717) is 24.4 Å². The number of nitrogens with zero attached hydrogens (tertiary/aromatic N) is 2. The molecule has 0 atom stereocenters. The van der Waals surface area contributed by atoms with Crippen molar-refractivity contribution in [1.29, 1.82) is 0 Å². The molecule has 2 aromatic carbocycles. The van der Waals surface area contributed by atoms with Crippen molar-refractivity contribution in [2.24, 2.45) is 9.98 Å². The van der Waals surface area contributed by atoms with E-state index in [1.165, 1.54) is 13.0 Å². The Morgan fingerprint density at radius 2 is 1.76 bits per heavy atom. The third-order valence-electron chi connectivity index (χ3n) is 3.15. The van der Waals surface area contributed by atoms with Crippen molar-refractivity contribution in [2.75, 3.05) is 20.2 Å². The zero-order chi connectivity index (χ0) is 17.9. The Morgan fingerprint density at radius 3 is 2.44 bits per heavy atom. The number of rotatable bonds is 5. The van der Waals surface area contributed by atoms with E-state index in [4.69, 9.17) is 5.11 Å². The maximum absolute atomic E-state index is 12.0. The van der Waals surface area contributed by atoms with Crippen LogP contribution in [-0.4, -0.2) is 37.2 Å². The van der Waals surface area contributed by atoms with Crippen LogP contribution in [0.5, 0.6) is 5.75 Å². The van der Waals surface area contributed by atoms with Gasteiger partial charge in [0.1, 0.15) is 0 Å². The van der Waals surface area contributed by atoms with E-state index in [-0.39, 0.29) is 28.6 Å². The van der Waals surface area contributed by atoms with Crippen LogP contribution < -0.4 is 10.2 Å². The van der Waals surface area contributed by atoms with Crippen molar-refractivity contribution in [2.45, 2.75) is 13.8 Å². The van der Waals surface area contributed by atoms with Crippen molar-refractivity contribution < 1.29 is 32.4 Å². The molecule has 1 N–H and O–H groups in total. The van der Waals surface area contributed by atoms with Crippen LogP contribution in [0.1, 0.15) is 19.4 Å². The third-order valence-corrected chi connectivity index (χ3v) is 3.15. The van der Waals surface area contributed by atoms with Crippen molar-refractivity contribution in [3.63, 3.8) is 0 Å². The van der Waals surface area contributed by atoms with Crippen LogP contribution in [-0.2, 0) is 17.1 Å². The average Bonchev–Trinajstić information content (AvgIpc) is 2.57. The zero-order valence-corrected chi connectivity index (χ0v) is 15.7. The minimum absolute atomic E-state index is 0. The quantitative estimate of drug-likeness (QED) is 0.370. The summed E-state index contributed by atoms with van der Waals surface area (Å²) < 4.78 is 0. The van der Waals surface area contributed by atoms with Crippen LogP contribution in [0, 0.1) is 0 Å². The van der Waals surface area contributed by atoms with E-state index in [0.717, 1.165) is 17.9 Å². The number of aliphatic hydroxyl groups is 1. The molecular weight excluding hydrogens is 359 g/mol. The third kappa shape index (κ3) is 7.52. The fourth-order valence-electron chi connectivity index (χ4n) is 2.19. The first-order valence-electron chi connectivity index (χ1n) is 7.57. The van der Waals surface area contributed by atoms with Gasteiger partial charge in [-0.1, -0.05) is 55.1 Å². The van der Waals surface area contributed by atoms with Crippen molar-refractivity contribution in [3.8, 4) is 5.75 Å². The second-order valence-corrected chi connectivity index (χ2v) is 5.01. The summed E-state index contributed by atoms with van der Waals surface area (Å²) in [5.74, 6) is -0.0523. The maximum atomic E-state index is 12.0. The smallest absolute Gasteiger partial charge is 0.876 e. The number of aliphatic hydroxyl groups excluding tert-OH is 1. The van der Waals surface area contributed by atoms with Crippen LogP contribution >= 0.6 is 0 Å². The van der Waals surface area contributed by atoms with Gasteiger partial charge in [0.05, 0.1) is 13.1 Å². The Balaban J connectivity index is 0.00000185. The van der Waals surface area contributed by atoms with Gasteiger partial charge in [-0.2, -0.15) is 0 Å². The molecule has 0 amide bonds. The second-order valence-electron chi connectivity index (χ2n) is 5.01. The molecule has 0 bridgehead atoms. The summed E-state index contributed by atoms with van der Waals surface area (Å²) in [7, 11) is 1.00. The van der Waals surface area contributed by atoms with Gasteiger partial charge >= 0.3 is 17.1 Å². The monoisotopic (exact) mass is 381 g/mol. The number of allylic oxidation sites excluding steroid dienone is 2. The number of aliphatic imine (C=N–C) groups is 2. The number of hydrogen-bond acceptors (Lipinski definition) is 5. The van der Waals surface area contributed by atoms with Gasteiger partial charge < -0.3 is 15.3 Å². The Bertz CT molecular complexity index is 751. The van der Waals surface area contributed by atoms with E-state index in [1.54, 1.807) is 19.2 Å². The first kappa shape index (κ1) is 22.9. The van der Waals surface area contributed by atoms with Gasteiger partial charge in [-0.25, -0.2) is 0 Å². The molecule has 0 aliphatic heterocycles. The summed E-state index contributed by atoms with van der Waals surface area (Å²) in [6.07, 6.45) is 3.11. The minimum Gasteiger partial charge on any atom is -0.876 e. The van der Waals surface area contributed by atoms with Crippen LogP contribution in [0.3, 0.4) is 0 Å². The first-order chi connectivity index (χ1) is 11.6. The topological polar surface area (TPSA) is 91.1 Å². The van der Waals surface area contributed by atoms with Crippen LogP contribution in [0.2, 0.25) is 0 Å². The second kappa shape index (κ2) is 12.3. The number of fused-ring (bicyclic) bond motifs is 1. The molecular formula is C19H22MnN2O3. The van der Waals surface area contributed by atoms with Gasteiger partial charge in [-0.15, -0.1) is 5.76 Å². The summed E-state index contributed by atoms with van der Waals surface area (Å²) in [6.45, 7) is 4.25. The number of hydrogen-bond donors (Lipinski definition) is 1. The van der Waals surface area contributed by atoms with E-state index in [1.807, 2.05) is 30.3 Å². The predicted molar refractivity (Wildman–Crippen MR) is 95.7 cm³/mol. The minimum atomic E-state index is -0.0351. The molecule has 0 heterocycles. The van der Waals surface area contributed by atoms with Gasteiger partial charge in [0.2, 0.25) is 0 Å². The zero-order valence-electron chi connectivity index (χ0n) is 14.6. The van der Waals surface area contributed by atoms with Gasteiger partial charge in [0.25, 0.3) is 0 Å². The molecule has 0 fully saturated rings. The average molecular weight is 381 g/mol. The first-order valence-corrected chi connectivity index (χ1v) is 7.57. The fraction of sp³-hybridized carbons (Fsp3) is 0.263. The number of benzene rings is 2. The van der Waals surface area contributed by atoms with Gasteiger partial charge in [-0.3, -0.25) is 9.98 Å². The predicted octanol–water partition coefficient (Wildman–Crippen LogP) is 1.66. The standard InChI is InChI=1S/C18H20N2O2.CH4O.Mn/c1-13(11-14(2)21)20-10-9-19-12-17-16-6-4-3-5-15(16)7-8-18(17)22;1-2;/h3-8,11-12,21-22H,9-10H2,1-2H3;2H,1H3;/q;;+2/p-2/b14-11-,19-12?,20-13?;;. The van der Waals surface area contributed by atoms with Crippen molar-refractivity contribution in [1.82, 2.24) is 0 Å². The molecule has 0 unspecified atom stereocenters. The molecule has 5 nitrogen and oxygen atoms in total. The van der Waals surface area contributed by atoms with Gasteiger partial charge in [0.15, 0.2) is 0 Å². The SMILES string of the molecule is CC(/C=C(/C)[O-])=NCCN=Cc1c([O-])ccc2ccccc12.CO.[Mn+2]. The van der Waals surface area contributed by atoms with E-state index >= 15 is 0 Å². The molecule has 0 spiro atoms. The molecule has 0 saturated carbocycles. The van der Waals surface area contributed by atoms with Crippen molar-refractivity contribution >= 4 is 22.7 Å². The fourth-order valence-corrected chi connectivity index (χ4v) is 2.19. The Morgan fingerprint density at radius 1 is 1.08 bits per heavy atom. The molecule has 1 radical (unpaired) electrons. The largest absolute Gasteiger partial charge is 2.00 e. The molecule has 0 saturated heterocycles. The molecule has 133 valence electrons. The summed E-state index contributed by atoms with van der Waals surface area (Å²) in [5, 5.41) is 31.8. The normalized spacial score (nSPS) is 11.8. The molecule has 0 aliphatic carbocycles. The van der Waals surface area contributed by atoms with Crippen molar-refractivity contribution in [3.05, 3.63) is 53.8 Å². The van der Waals surface area contributed by atoms with E-state index in [9.17, 15) is 10.2 Å². The van der Waals surface area contributed by atoms with Crippen LogP contribution in [0.15, 0.2) is 58.2 Å². The molecule has 2 aromatic rings. The Kier molecular flexibility index (Phi) is 11.2. The summed E-state index contributed by atoms with van der Waals surface area (Å²) in [4.78, 5) is 8.50. The maximum Gasteiger partial charge on any atom is 2.00 e. The Hall–Kier alpha value is -2.14. The molecule has 25 heavy (non-hydrogen) atoms. The summed E-state index contributed by atoms with van der Waals surface area (Å²) >= 11 is 0. The van der Waals surface area contributed by atoms with Gasteiger partial charge in [-0.05, 0) is 23.3 Å². The van der Waals surface area contributed by atoms with E-state index < -0.39 is 0 Å². The summed E-state index contributed by atoms with van der Waals surface area (Å²) in [5.41, 5.74) is 1.30. The molecule has 0 aliphatic rings. The van der Waals surface area contributed by atoms with Crippen LogP contribution in [0.25, 0.3) is 10.8 Å². The molecule has 0 aromatic heterocycles. The van der Waals surface area contributed by atoms with Gasteiger partial charge in [0, 0.05) is 19.0 Å². The molecule has 2 rings (SSSR count). The molecule has 6 heteroatoms.